The first-order valence-corrected chi connectivity index (χ1v) is 18.1. The number of benzene rings is 1. The minimum atomic E-state index is -1.59. The van der Waals surface area contributed by atoms with E-state index in [1.54, 1.807) is 19.1 Å². The molecule has 1 aromatic rings. The van der Waals surface area contributed by atoms with Crippen molar-refractivity contribution in [2.75, 3.05) is 27.2 Å². The van der Waals surface area contributed by atoms with E-state index in [1.165, 1.54) is 5.57 Å². The van der Waals surface area contributed by atoms with Gasteiger partial charge in [-0.15, -0.1) is 0 Å². The highest BCUT2D eigenvalue weighted by atomic mass is 16.6. The molecule has 1 saturated heterocycles. The van der Waals surface area contributed by atoms with Gasteiger partial charge >= 0.3 is 5.97 Å². The van der Waals surface area contributed by atoms with Crippen LogP contribution in [0.4, 0.5) is 0 Å². The number of hydrogen-bond donors (Lipinski definition) is 1. The van der Waals surface area contributed by atoms with E-state index in [0.717, 1.165) is 12.0 Å². The highest BCUT2D eigenvalue weighted by molar-refractivity contribution is 6.19. The first kappa shape index (κ1) is 36.8. The van der Waals surface area contributed by atoms with Crippen molar-refractivity contribution >= 4 is 23.6 Å². The summed E-state index contributed by atoms with van der Waals surface area (Å²) in [5, 5.41) is 11.9. The number of ketones is 2. The van der Waals surface area contributed by atoms with Crippen molar-refractivity contribution in [3.8, 4) is 17.2 Å². The SMILES string of the molecule is CC(C)=CCCC1(C)C=Cc2c(O)c3c(c(CC=C(C)C)c2O1)OC12C(=CC4CC1C(C)(C)OC2(C/C=C(/C)C(=O)OCCN(C)C)C4=O)C3=O. The van der Waals surface area contributed by atoms with E-state index in [4.69, 9.17) is 18.9 Å². The fourth-order valence-corrected chi connectivity index (χ4v) is 8.60. The van der Waals surface area contributed by atoms with Crippen LogP contribution in [0.25, 0.3) is 6.08 Å². The molecular formula is C42H53NO8. The lowest BCUT2D eigenvalue weighted by atomic mass is 9.51. The molecule has 9 nitrogen and oxygen atoms in total. The summed E-state index contributed by atoms with van der Waals surface area (Å²) in [7, 11) is 3.80. The van der Waals surface area contributed by atoms with E-state index in [0.29, 0.717) is 53.8 Å². The largest absolute Gasteiger partial charge is 0.506 e. The number of phenolic OH excluding ortho intramolecular Hbond substituents is 1. The molecule has 9 heteroatoms. The number of phenols is 1. The van der Waals surface area contributed by atoms with Crippen LogP contribution >= 0.6 is 0 Å². The quantitative estimate of drug-likeness (QED) is 0.145. The van der Waals surface area contributed by atoms with Gasteiger partial charge in [-0.3, -0.25) is 9.59 Å². The molecule has 7 rings (SSSR count). The molecule has 6 aliphatic rings. The summed E-state index contributed by atoms with van der Waals surface area (Å²) in [5.41, 5.74) is -0.484. The van der Waals surface area contributed by atoms with Crippen LogP contribution < -0.4 is 9.47 Å². The fourth-order valence-electron chi connectivity index (χ4n) is 8.60. The topological polar surface area (TPSA) is 112 Å². The number of nitrogens with zero attached hydrogens (tertiary/aromatic N) is 1. The molecule has 1 saturated carbocycles. The van der Waals surface area contributed by atoms with Crippen molar-refractivity contribution < 1.29 is 38.4 Å². The second kappa shape index (κ2) is 12.9. The molecule has 5 unspecified atom stereocenters. The van der Waals surface area contributed by atoms with Crippen molar-refractivity contribution in [3.05, 3.63) is 69.4 Å². The molecule has 4 bridgehead atoms. The summed E-state index contributed by atoms with van der Waals surface area (Å²) in [5.74, 6) is -1.47. The molecule has 2 fully saturated rings. The maximum absolute atomic E-state index is 14.9. The van der Waals surface area contributed by atoms with Crippen molar-refractivity contribution in [2.45, 2.75) is 110 Å². The smallest absolute Gasteiger partial charge is 0.333 e. The molecule has 1 spiro atoms. The van der Waals surface area contributed by atoms with Crippen molar-refractivity contribution in [3.63, 3.8) is 0 Å². The molecule has 0 aromatic heterocycles. The van der Waals surface area contributed by atoms with Gasteiger partial charge in [0.05, 0.1) is 11.2 Å². The third-order valence-corrected chi connectivity index (χ3v) is 11.2. The molecule has 274 valence electrons. The van der Waals surface area contributed by atoms with E-state index in [9.17, 15) is 19.5 Å². The van der Waals surface area contributed by atoms with Crippen LogP contribution in [0.15, 0.2) is 52.7 Å². The highest BCUT2D eigenvalue weighted by Crippen LogP contribution is 2.68. The molecule has 5 atom stereocenters. The average Bonchev–Trinajstić information content (AvgIpc) is 3.19. The molecular weight excluding hydrogens is 646 g/mol. The molecule has 1 N–H and O–H groups in total. The van der Waals surface area contributed by atoms with E-state index < -0.39 is 34.3 Å². The molecule has 3 aliphatic heterocycles. The van der Waals surface area contributed by atoms with E-state index in [-0.39, 0.29) is 47.6 Å². The number of fused-ring (bicyclic) bond motifs is 2. The summed E-state index contributed by atoms with van der Waals surface area (Å²) in [6.45, 7) is 16.5. The number of esters is 1. The highest BCUT2D eigenvalue weighted by Gasteiger charge is 2.81. The molecule has 3 aliphatic carbocycles. The summed E-state index contributed by atoms with van der Waals surface area (Å²) < 4.78 is 26.4. The van der Waals surface area contributed by atoms with Crippen LogP contribution in [-0.2, 0) is 25.5 Å². The predicted molar refractivity (Wildman–Crippen MR) is 196 cm³/mol. The standard InChI is InChI=1S/C42H53NO8/c1-24(2)12-11-17-40(8)18-16-28-33(44)32-34(45)30-22-27-23-31-39(6,7)51-41(37(27)46,19-15-26(5)38(47)48-21-20-43(9)10)42(30,31)50-36(32)29(35(28)49-40)14-13-25(3)4/h12-13,15-16,18,22,27,31,44H,11,14,17,19-21,23H2,1-10H3/b26-15-. The second-order valence-corrected chi connectivity index (χ2v) is 16.4. The number of allylic oxidation sites excluding steroid dienone is 5. The van der Waals surface area contributed by atoms with E-state index in [1.807, 2.05) is 71.8 Å². The summed E-state index contributed by atoms with van der Waals surface area (Å²) in [6, 6.07) is 0. The molecule has 3 heterocycles. The number of likely N-dealkylation sites (N-methyl/N-ethyl adjacent to an activating group) is 1. The van der Waals surface area contributed by atoms with Gasteiger partial charge in [-0.25, -0.2) is 4.79 Å². The lowest BCUT2D eigenvalue weighted by Crippen LogP contribution is -2.72. The monoisotopic (exact) mass is 699 g/mol. The summed E-state index contributed by atoms with van der Waals surface area (Å²) in [4.78, 5) is 44.4. The normalized spacial score (nSPS) is 29.4. The van der Waals surface area contributed by atoms with Gasteiger partial charge < -0.3 is 29.0 Å². The zero-order valence-corrected chi connectivity index (χ0v) is 31.8. The Morgan fingerprint density at radius 2 is 1.73 bits per heavy atom. The van der Waals surface area contributed by atoms with Gasteiger partial charge in [0, 0.05) is 41.5 Å². The Hall–Kier alpha value is -3.95. The van der Waals surface area contributed by atoms with Crippen LogP contribution in [0.3, 0.4) is 0 Å². The molecule has 51 heavy (non-hydrogen) atoms. The zero-order chi connectivity index (χ0) is 37.3. The number of carbonyl (C=O) groups is 3. The first-order valence-electron chi connectivity index (χ1n) is 18.1. The van der Waals surface area contributed by atoms with Crippen LogP contribution in [0.2, 0.25) is 0 Å². The minimum Gasteiger partial charge on any atom is -0.506 e. The van der Waals surface area contributed by atoms with Crippen molar-refractivity contribution in [1.29, 1.82) is 0 Å². The Morgan fingerprint density at radius 3 is 2.39 bits per heavy atom. The number of carbonyl (C=O) groups excluding carboxylic acids is 3. The Kier molecular flexibility index (Phi) is 9.33. The fraction of sp³-hybridized carbons (Fsp3) is 0.548. The van der Waals surface area contributed by atoms with Crippen LogP contribution in [0.5, 0.6) is 17.2 Å². The Labute approximate surface area is 302 Å². The number of hydrogen-bond acceptors (Lipinski definition) is 9. The summed E-state index contributed by atoms with van der Waals surface area (Å²) in [6.07, 6.45) is 13.8. The number of ether oxygens (including phenoxy) is 4. The van der Waals surface area contributed by atoms with Gasteiger partial charge in [0.2, 0.25) is 0 Å². The third kappa shape index (κ3) is 5.90. The van der Waals surface area contributed by atoms with Gasteiger partial charge in [0.25, 0.3) is 0 Å². The van der Waals surface area contributed by atoms with Crippen molar-refractivity contribution in [2.24, 2.45) is 11.8 Å². The van der Waals surface area contributed by atoms with Gasteiger partial charge in [-0.1, -0.05) is 35.5 Å². The summed E-state index contributed by atoms with van der Waals surface area (Å²) >= 11 is 0. The van der Waals surface area contributed by atoms with Gasteiger partial charge in [0.1, 0.15) is 35.0 Å². The lowest BCUT2D eigenvalue weighted by molar-refractivity contribution is -0.171. The zero-order valence-electron chi connectivity index (χ0n) is 31.8. The maximum Gasteiger partial charge on any atom is 0.333 e. The first-order chi connectivity index (χ1) is 23.9. The lowest BCUT2D eigenvalue weighted by Gasteiger charge is -2.56. The van der Waals surface area contributed by atoms with E-state index >= 15 is 0 Å². The van der Waals surface area contributed by atoms with Gasteiger partial charge in [0.15, 0.2) is 22.8 Å². The minimum absolute atomic E-state index is 0.0126. The van der Waals surface area contributed by atoms with Gasteiger partial charge in [-0.2, -0.15) is 0 Å². The Balaban J connectivity index is 1.50. The predicted octanol–water partition coefficient (Wildman–Crippen LogP) is 7.26. The van der Waals surface area contributed by atoms with Crippen LogP contribution in [-0.4, -0.2) is 77.2 Å². The van der Waals surface area contributed by atoms with Crippen LogP contribution in [0.1, 0.15) is 103 Å². The van der Waals surface area contributed by atoms with Crippen LogP contribution in [0, 0.1) is 11.8 Å². The number of Topliss-reactive ketones (excluding diaryl/α,β-unsaturated/α-hetero) is 2. The van der Waals surface area contributed by atoms with E-state index in [2.05, 4.69) is 19.9 Å². The molecule has 0 amide bonds. The Morgan fingerprint density at radius 1 is 1.02 bits per heavy atom. The maximum atomic E-state index is 14.9. The number of aromatic hydroxyl groups is 1. The molecule has 1 aromatic carbocycles. The molecule has 0 radical (unpaired) electrons. The van der Waals surface area contributed by atoms with Gasteiger partial charge in [-0.05, 0) is 107 Å². The van der Waals surface area contributed by atoms with Crippen molar-refractivity contribution in [1.82, 2.24) is 4.90 Å². The second-order valence-electron chi connectivity index (χ2n) is 16.4. The average molecular weight is 700 g/mol. The third-order valence-electron chi connectivity index (χ3n) is 11.2. The number of rotatable bonds is 11. The Bertz CT molecular complexity index is 1830.